The molecule has 1 saturated carbocycles. The van der Waals surface area contributed by atoms with Crippen molar-refractivity contribution in [1.82, 2.24) is 4.90 Å². The molecule has 0 bridgehead atoms. The minimum atomic E-state index is -0.221. The smallest absolute Gasteiger partial charge is 0.137 e. The highest BCUT2D eigenvalue weighted by atomic mass is 32.2. The van der Waals surface area contributed by atoms with Crippen LogP contribution < -0.4 is 0 Å². The summed E-state index contributed by atoms with van der Waals surface area (Å²) in [6.45, 7) is 0. The van der Waals surface area contributed by atoms with Crippen LogP contribution in [-0.2, 0) is 0 Å². The Labute approximate surface area is 89.3 Å². The molecule has 0 atom stereocenters. The highest BCUT2D eigenvalue weighted by molar-refractivity contribution is 8.23. The van der Waals surface area contributed by atoms with Gasteiger partial charge >= 0.3 is 0 Å². The molecule has 0 saturated heterocycles. The minimum Gasteiger partial charge on any atom is -0.364 e. The van der Waals surface area contributed by atoms with Crippen molar-refractivity contribution < 1.29 is 0 Å². The van der Waals surface area contributed by atoms with E-state index in [4.69, 9.17) is 17.5 Å². The van der Waals surface area contributed by atoms with E-state index in [0.29, 0.717) is 0 Å². The lowest BCUT2D eigenvalue weighted by Crippen LogP contribution is -2.25. The molecule has 1 rings (SSSR count). The topological polar surface area (TPSA) is 27.0 Å². The zero-order valence-corrected chi connectivity index (χ0v) is 9.67. The van der Waals surface area contributed by atoms with Crippen molar-refractivity contribution in [2.45, 2.75) is 30.4 Å². The molecule has 4 heteroatoms. The van der Waals surface area contributed by atoms with Crippen LogP contribution in [0.2, 0.25) is 0 Å². The average Bonchev–Trinajstić information content (AvgIpc) is 2.54. The summed E-state index contributed by atoms with van der Waals surface area (Å²) in [7, 11) is 3.85. The number of thioether (sulfide) groups is 1. The Kier molecular flexibility index (Phi) is 3.57. The molecule has 0 aliphatic heterocycles. The van der Waals surface area contributed by atoms with Crippen molar-refractivity contribution in [1.29, 1.82) is 5.26 Å². The zero-order chi connectivity index (χ0) is 9.90. The Balaban J connectivity index is 2.60. The van der Waals surface area contributed by atoms with E-state index in [0.717, 1.165) is 30.0 Å². The van der Waals surface area contributed by atoms with E-state index < -0.39 is 0 Å². The van der Waals surface area contributed by atoms with Crippen molar-refractivity contribution in [3.8, 4) is 6.07 Å². The molecular formula is C9H14N2S2. The molecule has 1 aliphatic carbocycles. The number of thiocarbonyl (C=S) groups is 1. The van der Waals surface area contributed by atoms with Gasteiger partial charge < -0.3 is 4.90 Å². The molecule has 13 heavy (non-hydrogen) atoms. The standard InChI is InChI=1S/C9H14N2S2/c1-11(2)8(12)13-9(7-10)5-3-4-6-9/h3-6H2,1-2H3. The van der Waals surface area contributed by atoms with Gasteiger partial charge in [-0.25, -0.2) is 0 Å². The van der Waals surface area contributed by atoms with Crippen LogP contribution in [0.25, 0.3) is 0 Å². The second-order valence-electron chi connectivity index (χ2n) is 3.58. The highest BCUT2D eigenvalue weighted by Gasteiger charge is 2.36. The van der Waals surface area contributed by atoms with Gasteiger partial charge in [-0.2, -0.15) is 5.26 Å². The van der Waals surface area contributed by atoms with Crippen LogP contribution in [0.3, 0.4) is 0 Å². The Bertz CT molecular complexity index is 236. The van der Waals surface area contributed by atoms with E-state index >= 15 is 0 Å². The number of hydrogen-bond acceptors (Lipinski definition) is 3. The third-order valence-corrected chi connectivity index (χ3v) is 4.31. The van der Waals surface area contributed by atoms with Crippen LogP contribution in [-0.4, -0.2) is 28.1 Å². The first-order valence-electron chi connectivity index (χ1n) is 4.41. The zero-order valence-electron chi connectivity index (χ0n) is 8.04. The lowest BCUT2D eigenvalue weighted by Gasteiger charge is -2.22. The summed E-state index contributed by atoms with van der Waals surface area (Å²) < 4.78 is 0.602. The molecule has 0 amide bonds. The molecule has 0 spiro atoms. The van der Waals surface area contributed by atoms with Gasteiger partial charge in [-0.1, -0.05) is 36.8 Å². The molecule has 1 fully saturated rings. The summed E-state index contributed by atoms with van der Waals surface area (Å²) in [6, 6.07) is 2.41. The normalized spacial score (nSPS) is 19.5. The Hall–Kier alpha value is -0.270. The van der Waals surface area contributed by atoms with Crippen LogP contribution in [0.5, 0.6) is 0 Å². The first-order chi connectivity index (χ1) is 6.09. The molecule has 0 N–H and O–H groups in total. The SMILES string of the molecule is CN(C)C(=S)SC1(C#N)CCCC1. The number of nitriles is 1. The van der Waals surface area contributed by atoms with E-state index in [-0.39, 0.29) is 4.75 Å². The number of nitrogens with zero attached hydrogens (tertiary/aromatic N) is 2. The molecule has 0 aromatic rings. The van der Waals surface area contributed by atoms with Gasteiger partial charge in [0.15, 0.2) is 0 Å². The van der Waals surface area contributed by atoms with Gasteiger partial charge in [-0.3, -0.25) is 0 Å². The number of hydrogen-bond donors (Lipinski definition) is 0. The maximum Gasteiger partial charge on any atom is 0.137 e. The second kappa shape index (κ2) is 4.30. The first-order valence-corrected chi connectivity index (χ1v) is 5.64. The largest absolute Gasteiger partial charge is 0.364 e. The van der Waals surface area contributed by atoms with E-state index in [1.54, 1.807) is 11.8 Å². The van der Waals surface area contributed by atoms with Gasteiger partial charge in [0.2, 0.25) is 0 Å². The monoisotopic (exact) mass is 214 g/mol. The van der Waals surface area contributed by atoms with E-state index in [1.165, 1.54) is 0 Å². The molecule has 0 aromatic heterocycles. The predicted octanol–water partition coefficient (Wildman–Crippen LogP) is 2.40. The van der Waals surface area contributed by atoms with E-state index in [9.17, 15) is 0 Å². The molecule has 2 nitrogen and oxygen atoms in total. The summed E-state index contributed by atoms with van der Waals surface area (Å²) in [4.78, 5) is 1.90. The molecule has 0 radical (unpaired) electrons. The molecule has 72 valence electrons. The van der Waals surface area contributed by atoms with Crippen molar-refractivity contribution in [2.24, 2.45) is 0 Å². The molecule has 1 aliphatic rings. The van der Waals surface area contributed by atoms with Gasteiger partial charge in [-0.05, 0) is 12.8 Å². The maximum atomic E-state index is 9.10. The number of rotatable bonds is 1. The summed E-state index contributed by atoms with van der Waals surface area (Å²) in [6.07, 6.45) is 4.30. The van der Waals surface area contributed by atoms with Crippen molar-refractivity contribution in [3.05, 3.63) is 0 Å². The second-order valence-corrected chi connectivity index (χ2v) is 5.59. The highest BCUT2D eigenvalue weighted by Crippen LogP contribution is 2.41. The summed E-state index contributed by atoms with van der Waals surface area (Å²) >= 11 is 6.75. The van der Waals surface area contributed by atoms with Crippen molar-refractivity contribution >= 4 is 28.3 Å². The van der Waals surface area contributed by atoms with Crippen LogP contribution in [0.4, 0.5) is 0 Å². The van der Waals surface area contributed by atoms with Crippen LogP contribution in [0.1, 0.15) is 25.7 Å². The summed E-state index contributed by atoms with van der Waals surface area (Å²) in [5.41, 5.74) is 0. The van der Waals surface area contributed by atoms with Gasteiger partial charge in [0.05, 0.1) is 6.07 Å². The average molecular weight is 214 g/mol. The predicted molar refractivity (Wildman–Crippen MR) is 60.7 cm³/mol. The fourth-order valence-corrected chi connectivity index (χ4v) is 2.98. The van der Waals surface area contributed by atoms with Crippen LogP contribution in [0, 0.1) is 11.3 Å². The maximum absolute atomic E-state index is 9.10. The van der Waals surface area contributed by atoms with Crippen molar-refractivity contribution in [2.75, 3.05) is 14.1 Å². The minimum absolute atomic E-state index is 0.221. The Morgan fingerprint density at radius 1 is 1.46 bits per heavy atom. The van der Waals surface area contributed by atoms with Gasteiger partial charge in [0.25, 0.3) is 0 Å². The van der Waals surface area contributed by atoms with Crippen LogP contribution in [0.15, 0.2) is 0 Å². The molecule has 0 aromatic carbocycles. The Morgan fingerprint density at radius 3 is 2.38 bits per heavy atom. The summed E-state index contributed by atoms with van der Waals surface area (Å²) in [5, 5.41) is 9.10. The summed E-state index contributed by atoms with van der Waals surface area (Å²) in [5.74, 6) is 0. The van der Waals surface area contributed by atoms with Gasteiger partial charge in [0, 0.05) is 14.1 Å². The van der Waals surface area contributed by atoms with Gasteiger partial charge in [-0.15, -0.1) is 0 Å². The molecular weight excluding hydrogens is 200 g/mol. The quantitative estimate of drug-likeness (QED) is 0.626. The van der Waals surface area contributed by atoms with Gasteiger partial charge in [0.1, 0.15) is 9.07 Å². The first kappa shape index (κ1) is 10.8. The molecule has 0 unspecified atom stereocenters. The third kappa shape index (κ3) is 2.58. The van der Waals surface area contributed by atoms with Crippen LogP contribution >= 0.6 is 24.0 Å². The lowest BCUT2D eigenvalue weighted by atomic mass is 10.1. The Morgan fingerprint density at radius 2 is 2.00 bits per heavy atom. The van der Waals surface area contributed by atoms with E-state index in [2.05, 4.69) is 6.07 Å². The van der Waals surface area contributed by atoms with Crippen molar-refractivity contribution in [3.63, 3.8) is 0 Å². The third-order valence-electron chi connectivity index (χ3n) is 2.26. The fraction of sp³-hybridized carbons (Fsp3) is 0.778. The lowest BCUT2D eigenvalue weighted by molar-refractivity contribution is 0.645. The fourth-order valence-electron chi connectivity index (χ4n) is 1.44. The van der Waals surface area contributed by atoms with E-state index in [1.807, 2.05) is 19.0 Å². The molecule has 0 heterocycles.